The lowest BCUT2D eigenvalue weighted by Gasteiger charge is -2.21. The van der Waals surface area contributed by atoms with Crippen molar-refractivity contribution in [1.82, 2.24) is 10.3 Å². The van der Waals surface area contributed by atoms with E-state index in [2.05, 4.69) is 14.9 Å². The van der Waals surface area contributed by atoms with Gasteiger partial charge in [0.1, 0.15) is 11.4 Å². The van der Waals surface area contributed by atoms with Crippen molar-refractivity contribution in [2.45, 2.75) is 27.2 Å². The molecule has 1 N–H and O–H groups in total. The average Bonchev–Trinajstić information content (AvgIpc) is 2.64. The Bertz CT molecular complexity index is 428. The van der Waals surface area contributed by atoms with E-state index in [0.717, 1.165) is 0 Å². The molecule has 0 fully saturated rings. The molecule has 7 heteroatoms. The number of aryl methyl sites for hydroxylation is 1. The number of hydrogen-bond acceptors (Lipinski definition) is 6. The van der Waals surface area contributed by atoms with E-state index in [0.29, 0.717) is 11.4 Å². The van der Waals surface area contributed by atoms with Crippen LogP contribution in [0.15, 0.2) is 4.63 Å². The Hall–Kier alpha value is -1.92. The first kappa shape index (κ1) is 13.1. The van der Waals surface area contributed by atoms with Gasteiger partial charge in [-0.15, -0.1) is 0 Å². The summed E-state index contributed by atoms with van der Waals surface area (Å²) in [5, 5.41) is 16.2. The molecule has 1 atom stereocenters. The molecule has 0 aliphatic heterocycles. The van der Waals surface area contributed by atoms with Crippen LogP contribution in [-0.4, -0.2) is 34.0 Å². The molecule has 94 valence electrons. The third kappa shape index (κ3) is 2.61. The lowest BCUT2D eigenvalue weighted by Crippen LogP contribution is -2.40. The summed E-state index contributed by atoms with van der Waals surface area (Å²) in [4.78, 5) is 22.9. The number of carbonyl (C=O) groups excluding carboxylic acids is 1. The summed E-state index contributed by atoms with van der Waals surface area (Å²) in [6.07, 6.45) is -0.115. The number of ether oxygens (including phenoxy) is 1. The number of esters is 1. The number of rotatable bonds is 5. The number of carboxylic acid groups (broad SMARTS) is 1. The van der Waals surface area contributed by atoms with Gasteiger partial charge >= 0.3 is 11.9 Å². The van der Waals surface area contributed by atoms with Gasteiger partial charge in [-0.3, -0.25) is 9.59 Å². The van der Waals surface area contributed by atoms with Gasteiger partial charge in [0.05, 0.1) is 6.61 Å². The van der Waals surface area contributed by atoms with Gasteiger partial charge in [-0.1, -0.05) is 10.3 Å². The fourth-order valence-corrected chi connectivity index (χ4v) is 1.27. The lowest BCUT2D eigenvalue weighted by molar-refractivity contribution is -0.167. The smallest absolute Gasteiger partial charge is 0.323 e. The minimum atomic E-state index is -1.68. The maximum Gasteiger partial charge on any atom is 0.323 e. The van der Waals surface area contributed by atoms with Crippen LogP contribution in [0.4, 0.5) is 0 Å². The van der Waals surface area contributed by atoms with E-state index in [1.807, 2.05) is 0 Å². The summed E-state index contributed by atoms with van der Waals surface area (Å²) >= 11 is 0. The zero-order chi connectivity index (χ0) is 13.1. The molecule has 0 aromatic carbocycles. The number of carbonyl (C=O) groups is 2. The molecular formula is C10H14N2O5. The number of aliphatic carboxylic acids is 1. The van der Waals surface area contributed by atoms with Crippen LogP contribution in [0.3, 0.4) is 0 Å². The number of nitrogens with zero attached hydrogens (tertiary/aromatic N) is 2. The summed E-state index contributed by atoms with van der Waals surface area (Å²) in [5.74, 6) is -2.06. The maximum atomic E-state index is 11.7. The molecule has 1 unspecified atom stereocenters. The average molecular weight is 242 g/mol. The van der Waals surface area contributed by atoms with Crippen LogP contribution < -0.4 is 0 Å². The highest BCUT2D eigenvalue weighted by atomic mass is 16.6. The van der Waals surface area contributed by atoms with E-state index < -0.39 is 17.4 Å². The zero-order valence-electron chi connectivity index (χ0n) is 9.89. The van der Waals surface area contributed by atoms with E-state index >= 15 is 0 Å². The first-order valence-electron chi connectivity index (χ1n) is 5.10. The standard InChI is InChI=1S/C10H14N2O5/c1-4-16-9(15)10(3,8(13)14)5-7-6(2)11-17-12-7/h4-5H2,1-3H3,(H,13,14). The van der Waals surface area contributed by atoms with Crippen molar-refractivity contribution in [3.8, 4) is 0 Å². The maximum absolute atomic E-state index is 11.7. The van der Waals surface area contributed by atoms with Gasteiger partial charge in [-0.05, 0) is 20.8 Å². The van der Waals surface area contributed by atoms with Crippen LogP contribution in [0.1, 0.15) is 25.2 Å². The monoisotopic (exact) mass is 242 g/mol. The van der Waals surface area contributed by atoms with Gasteiger partial charge in [-0.25, -0.2) is 4.63 Å². The Kier molecular flexibility index (Phi) is 3.82. The van der Waals surface area contributed by atoms with Gasteiger partial charge < -0.3 is 9.84 Å². The topological polar surface area (TPSA) is 103 Å². The van der Waals surface area contributed by atoms with Crippen molar-refractivity contribution in [1.29, 1.82) is 0 Å². The lowest BCUT2D eigenvalue weighted by atomic mass is 9.85. The molecule has 1 aromatic heterocycles. The van der Waals surface area contributed by atoms with Crippen LogP contribution in [0.5, 0.6) is 0 Å². The molecule has 0 radical (unpaired) electrons. The highest BCUT2D eigenvalue weighted by Gasteiger charge is 2.44. The molecule has 1 aromatic rings. The minimum absolute atomic E-state index is 0.115. The van der Waals surface area contributed by atoms with Gasteiger partial charge in [0.15, 0.2) is 5.41 Å². The van der Waals surface area contributed by atoms with E-state index in [4.69, 9.17) is 9.84 Å². The van der Waals surface area contributed by atoms with Crippen LogP contribution in [0, 0.1) is 12.3 Å². The Morgan fingerprint density at radius 3 is 2.53 bits per heavy atom. The Labute approximate surface area is 97.7 Å². The van der Waals surface area contributed by atoms with Gasteiger partial charge in [0.2, 0.25) is 0 Å². The molecule has 1 heterocycles. The fraction of sp³-hybridized carbons (Fsp3) is 0.600. The highest BCUT2D eigenvalue weighted by Crippen LogP contribution is 2.25. The zero-order valence-corrected chi connectivity index (χ0v) is 9.89. The molecule has 1 rings (SSSR count). The SMILES string of the molecule is CCOC(=O)C(C)(Cc1nonc1C)C(=O)O. The highest BCUT2D eigenvalue weighted by molar-refractivity contribution is 5.98. The predicted molar refractivity (Wildman–Crippen MR) is 55.1 cm³/mol. The van der Waals surface area contributed by atoms with Crippen molar-refractivity contribution in [3.63, 3.8) is 0 Å². The molecule has 0 amide bonds. The molecule has 7 nitrogen and oxygen atoms in total. The van der Waals surface area contributed by atoms with Crippen molar-refractivity contribution in [2.24, 2.45) is 5.41 Å². The summed E-state index contributed by atoms with van der Waals surface area (Å²) < 4.78 is 9.22. The Balaban J connectivity index is 2.97. The van der Waals surface area contributed by atoms with Crippen LogP contribution in [0.2, 0.25) is 0 Å². The minimum Gasteiger partial charge on any atom is -0.480 e. The van der Waals surface area contributed by atoms with Crippen LogP contribution in [-0.2, 0) is 20.7 Å². The van der Waals surface area contributed by atoms with Gasteiger partial charge in [0.25, 0.3) is 0 Å². The second kappa shape index (κ2) is 4.94. The van der Waals surface area contributed by atoms with Gasteiger partial charge in [0, 0.05) is 6.42 Å². The molecule has 0 bridgehead atoms. The molecular weight excluding hydrogens is 228 g/mol. The van der Waals surface area contributed by atoms with Crippen molar-refractivity contribution >= 4 is 11.9 Å². The second-order valence-corrected chi connectivity index (χ2v) is 3.83. The molecule has 0 spiro atoms. The van der Waals surface area contributed by atoms with E-state index in [1.165, 1.54) is 6.92 Å². The molecule has 17 heavy (non-hydrogen) atoms. The van der Waals surface area contributed by atoms with Crippen molar-refractivity contribution in [2.75, 3.05) is 6.61 Å². The van der Waals surface area contributed by atoms with Crippen LogP contribution >= 0.6 is 0 Å². The molecule has 0 saturated heterocycles. The first-order chi connectivity index (χ1) is 7.91. The van der Waals surface area contributed by atoms with E-state index in [1.54, 1.807) is 13.8 Å². The third-order valence-electron chi connectivity index (χ3n) is 2.47. The summed E-state index contributed by atoms with van der Waals surface area (Å²) in [7, 11) is 0. The summed E-state index contributed by atoms with van der Waals surface area (Å²) in [6, 6.07) is 0. The number of aromatic nitrogens is 2. The molecule has 0 aliphatic carbocycles. The Morgan fingerprint density at radius 2 is 2.12 bits per heavy atom. The number of hydrogen-bond donors (Lipinski definition) is 1. The van der Waals surface area contributed by atoms with Crippen molar-refractivity contribution in [3.05, 3.63) is 11.4 Å². The summed E-state index contributed by atoms with van der Waals surface area (Å²) in [6.45, 7) is 4.65. The summed E-state index contributed by atoms with van der Waals surface area (Å²) in [5.41, 5.74) is -0.885. The fourth-order valence-electron chi connectivity index (χ4n) is 1.27. The van der Waals surface area contributed by atoms with E-state index in [9.17, 15) is 9.59 Å². The van der Waals surface area contributed by atoms with E-state index in [-0.39, 0.29) is 13.0 Å². The molecule has 0 aliphatic rings. The quantitative estimate of drug-likeness (QED) is 0.594. The molecule has 0 saturated carbocycles. The normalized spacial score (nSPS) is 14.1. The van der Waals surface area contributed by atoms with Gasteiger partial charge in [-0.2, -0.15) is 0 Å². The largest absolute Gasteiger partial charge is 0.480 e. The first-order valence-corrected chi connectivity index (χ1v) is 5.10. The van der Waals surface area contributed by atoms with Crippen LogP contribution in [0.25, 0.3) is 0 Å². The predicted octanol–water partition coefficient (Wildman–Crippen LogP) is 0.575. The van der Waals surface area contributed by atoms with Crippen molar-refractivity contribution < 1.29 is 24.1 Å². The Morgan fingerprint density at radius 1 is 1.47 bits per heavy atom. The third-order valence-corrected chi connectivity index (χ3v) is 2.47. The number of carboxylic acids is 1. The second-order valence-electron chi connectivity index (χ2n) is 3.83.